The van der Waals surface area contributed by atoms with Crippen LogP contribution in [0.3, 0.4) is 0 Å². The van der Waals surface area contributed by atoms with E-state index >= 15 is 0 Å². The minimum atomic E-state index is -0.00882. The summed E-state index contributed by atoms with van der Waals surface area (Å²) in [6.45, 7) is 6.68. The van der Waals surface area contributed by atoms with Gasteiger partial charge in [-0.3, -0.25) is 14.5 Å². The zero-order valence-corrected chi connectivity index (χ0v) is 24.0. The van der Waals surface area contributed by atoms with Crippen molar-refractivity contribution in [2.75, 3.05) is 31.1 Å². The fourth-order valence-electron chi connectivity index (χ4n) is 5.38. The van der Waals surface area contributed by atoms with E-state index in [0.29, 0.717) is 17.0 Å². The summed E-state index contributed by atoms with van der Waals surface area (Å²) in [4.78, 5) is 34.9. The molecule has 0 aromatic heterocycles. The van der Waals surface area contributed by atoms with Crippen molar-refractivity contribution in [2.24, 2.45) is 0 Å². The van der Waals surface area contributed by atoms with Gasteiger partial charge in [-0.15, -0.1) is 0 Å². The average molecular weight is 560 g/mol. The largest absolute Gasteiger partial charge is 0.336 e. The lowest BCUT2D eigenvalue weighted by molar-refractivity contribution is -0.114. The number of carbonyl (C=O) groups excluding carboxylic acids is 2. The highest BCUT2D eigenvalue weighted by molar-refractivity contribution is 8.04. The maximum Gasteiger partial charge on any atom is 0.265 e. The van der Waals surface area contributed by atoms with Crippen LogP contribution in [-0.2, 0) is 17.9 Å². The Morgan fingerprint density at radius 1 is 0.780 bits per heavy atom. The van der Waals surface area contributed by atoms with Gasteiger partial charge >= 0.3 is 0 Å². The number of rotatable bonds is 6. The van der Waals surface area contributed by atoms with Gasteiger partial charge in [-0.1, -0.05) is 90.6 Å². The van der Waals surface area contributed by atoms with Crippen molar-refractivity contribution in [2.45, 2.75) is 24.9 Å². The number of carbonyl (C=O) groups is 2. The Kier molecular flexibility index (Phi) is 8.03. The van der Waals surface area contributed by atoms with Crippen molar-refractivity contribution < 1.29 is 9.59 Å². The predicted molar refractivity (Wildman–Crippen MR) is 167 cm³/mol. The monoisotopic (exact) mass is 559 g/mol. The molecule has 1 saturated heterocycles. The molecular formula is C35H33N3O2S. The number of nitrogens with zero attached hydrogens (tertiary/aromatic N) is 3. The van der Waals surface area contributed by atoms with Gasteiger partial charge in [-0.25, -0.2) is 0 Å². The Hall–Kier alpha value is -4.13. The van der Waals surface area contributed by atoms with Crippen molar-refractivity contribution in [3.05, 3.63) is 136 Å². The highest BCUT2D eigenvalue weighted by atomic mass is 32.2. The summed E-state index contributed by atoms with van der Waals surface area (Å²) in [5.74, 6) is 0.0514. The smallest absolute Gasteiger partial charge is 0.265 e. The Labute approximate surface area is 246 Å². The van der Waals surface area contributed by atoms with E-state index in [0.717, 1.165) is 54.4 Å². The lowest BCUT2D eigenvalue weighted by atomic mass is 10.1. The Balaban J connectivity index is 1.14. The number of hydrogen-bond donors (Lipinski definition) is 0. The summed E-state index contributed by atoms with van der Waals surface area (Å²) in [6.07, 6.45) is 1.93. The van der Waals surface area contributed by atoms with E-state index in [-0.39, 0.29) is 11.8 Å². The number of amides is 2. The number of fused-ring (bicyclic) bond motifs is 1. The highest BCUT2D eigenvalue weighted by Gasteiger charge is 2.29. The fourth-order valence-corrected chi connectivity index (χ4v) is 6.44. The van der Waals surface area contributed by atoms with Gasteiger partial charge in [0.1, 0.15) is 0 Å². The van der Waals surface area contributed by atoms with E-state index in [9.17, 15) is 9.59 Å². The zero-order valence-electron chi connectivity index (χ0n) is 23.2. The molecule has 41 heavy (non-hydrogen) atoms. The Bertz CT molecular complexity index is 1570. The SMILES string of the molecule is Cc1ccccc1CN1C(=O)C(=Cc2ccc(C(=O)N3CCN(Cc4ccccc4)CC3)cc2)Sc2ccccc21. The van der Waals surface area contributed by atoms with Gasteiger partial charge in [0.15, 0.2) is 0 Å². The topological polar surface area (TPSA) is 43.9 Å². The second-order valence-corrected chi connectivity index (χ2v) is 11.7. The zero-order chi connectivity index (χ0) is 28.2. The van der Waals surface area contributed by atoms with Crippen LogP contribution in [0.5, 0.6) is 0 Å². The van der Waals surface area contributed by atoms with Crippen LogP contribution in [0.15, 0.2) is 113 Å². The Morgan fingerprint density at radius 3 is 2.22 bits per heavy atom. The normalized spacial score (nSPS) is 16.6. The van der Waals surface area contributed by atoms with Crippen molar-refractivity contribution in [3.8, 4) is 0 Å². The quantitative estimate of drug-likeness (QED) is 0.249. The number of aryl methyl sites for hydroxylation is 1. The molecule has 6 rings (SSSR count). The molecule has 2 aliphatic heterocycles. The van der Waals surface area contributed by atoms with Crippen molar-refractivity contribution in [3.63, 3.8) is 0 Å². The van der Waals surface area contributed by atoms with E-state index in [2.05, 4.69) is 54.3 Å². The molecule has 0 unspecified atom stereocenters. The number of anilines is 1. The minimum absolute atomic E-state index is 0.00882. The minimum Gasteiger partial charge on any atom is -0.336 e. The van der Waals surface area contributed by atoms with Crippen LogP contribution >= 0.6 is 11.8 Å². The van der Waals surface area contributed by atoms with Gasteiger partial charge in [0.05, 0.1) is 17.1 Å². The molecule has 5 nitrogen and oxygen atoms in total. The summed E-state index contributed by atoms with van der Waals surface area (Å²) in [6, 6.07) is 34.3. The van der Waals surface area contributed by atoms with E-state index in [1.807, 2.05) is 76.5 Å². The molecule has 0 radical (unpaired) electrons. The molecule has 2 heterocycles. The van der Waals surface area contributed by atoms with Gasteiger partial charge in [-0.2, -0.15) is 0 Å². The molecular weight excluding hydrogens is 526 g/mol. The van der Waals surface area contributed by atoms with Gasteiger partial charge < -0.3 is 9.80 Å². The molecule has 0 N–H and O–H groups in total. The molecule has 0 bridgehead atoms. The molecule has 206 valence electrons. The van der Waals surface area contributed by atoms with Crippen molar-refractivity contribution in [1.82, 2.24) is 9.80 Å². The molecule has 0 spiro atoms. The van der Waals surface area contributed by atoms with Crippen molar-refractivity contribution >= 4 is 35.3 Å². The first-order valence-corrected chi connectivity index (χ1v) is 14.9. The lowest BCUT2D eigenvalue weighted by Gasteiger charge is -2.34. The van der Waals surface area contributed by atoms with Gasteiger partial charge in [0.2, 0.25) is 0 Å². The summed E-state index contributed by atoms with van der Waals surface area (Å²) >= 11 is 1.50. The summed E-state index contributed by atoms with van der Waals surface area (Å²) in [5.41, 5.74) is 6.12. The van der Waals surface area contributed by atoms with E-state index in [4.69, 9.17) is 0 Å². The summed E-state index contributed by atoms with van der Waals surface area (Å²) < 4.78 is 0. The predicted octanol–water partition coefficient (Wildman–Crippen LogP) is 6.63. The average Bonchev–Trinajstić information content (AvgIpc) is 3.01. The summed E-state index contributed by atoms with van der Waals surface area (Å²) in [5, 5.41) is 0. The maximum atomic E-state index is 13.7. The van der Waals surface area contributed by atoms with Crippen LogP contribution < -0.4 is 4.90 Å². The van der Waals surface area contributed by atoms with Crippen LogP contribution in [0.1, 0.15) is 32.6 Å². The molecule has 4 aromatic rings. The highest BCUT2D eigenvalue weighted by Crippen LogP contribution is 2.42. The number of para-hydroxylation sites is 1. The first kappa shape index (κ1) is 27.1. The van der Waals surface area contributed by atoms with Crippen LogP contribution in [0.25, 0.3) is 6.08 Å². The van der Waals surface area contributed by atoms with Crippen LogP contribution in [-0.4, -0.2) is 47.8 Å². The molecule has 0 aliphatic carbocycles. The molecule has 1 fully saturated rings. The fraction of sp³-hybridized carbons (Fsp3) is 0.200. The van der Waals surface area contributed by atoms with E-state index < -0.39 is 0 Å². The number of thioether (sulfide) groups is 1. The van der Waals surface area contributed by atoms with Crippen LogP contribution in [0.2, 0.25) is 0 Å². The second kappa shape index (κ2) is 12.2. The third-order valence-corrected chi connectivity index (χ3v) is 8.86. The number of benzene rings is 4. The molecule has 2 aliphatic rings. The Morgan fingerprint density at radius 2 is 1.46 bits per heavy atom. The van der Waals surface area contributed by atoms with E-state index in [1.54, 1.807) is 0 Å². The van der Waals surface area contributed by atoms with E-state index in [1.165, 1.54) is 22.9 Å². The maximum absolute atomic E-state index is 13.7. The molecule has 6 heteroatoms. The lowest BCUT2D eigenvalue weighted by Crippen LogP contribution is -2.48. The third-order valence-electron chi connectivity index (χ3n) is 7.79. The van der Waals surface area contributed by atoms with Gasteiger partial charge in [-0.05, 0) is 59.5 Å². The standard InChI is InChI=1S/C35H33N3O2S/c1-26-9-5-6-12-30(26)25-38-31-13-7-8-14-32(31)41-33(35(38)40)23-27-15-17-29(18-16-27)34(39)37-21-19-36(20-22-37)24-28-10-3-2-4-11-28/h2-18,23H,19-22,24-25H2,1H3. The van der Waals surface area contributed by atoms with Gasteiger partial charge in [0.25, 0.3) is 11.8 Å². The second-order valence-electron chi connectivity index (χ2n) is 10.6. The molecule has 2 amide bonds. The van der Waals surface area contributed by atoms with Gasteiger partial charge in [0, 0.05) is 43.2 Å². The third kappa shape index (κ3) is 6.14. The summed E-state index contributed by atoms with van der Waals surface area (Å²) in [7, 11) is 0. The van der Waals surface area contributed by atoms with Crippen LogP contribution in [0, 0.1) is 6.92 Å². The van der Waals surface area contributed by atoms with Crippen LogP contribution in [0.4, 0.5) is 5.69 Å². The van der Waals surface area contributed by atoms with Crippen molar-refractivity contribution in [1.29, 1.82) is 0 Å². The number of piperazine rings is 1. The first-order valence-electron chi connectivity index (χ1n) is 14.1. The number of hydrogen-bond acceptors (Lipinski definition) is 4. The molecule has 0 atom stereocenters. The molecule has 4 aromatic carbocycles. The molecule has 0 saturated carbocycles. The first-order chi connectivity index (χ1) is 20.0.